The number of halogens is 7. The van der Waals surface area contributed by atoms with Crippen LogP contribution < -0.4 is 21.6 Å². The zero-order chi connectivity index (χ0) is 36.7. The molecule has 6 rings (SSSR count). The van der Waals surface area contributed by atoms with Gasteiger partial charge in [-0.15, -0.1) is 0 Å². The van der Waals surface area contributed by atoms with Crippen LogP contribution in [0.15, 0.2) is 60.7 Å². The Labute approximate surface area is 315 Å². The maximum atomic E-state index is 14.3. The third-order valence-electron chi connectivity index (χ3n) is 7.93. The summed E-state index contributed by atoms with van der Waals surface area (Å²) in [5, 5.41) is 6.11. The van der Waals surface area contributed by atoms with Crippen LogP contribution in [-0.2, 0) is 16.1 Å². The van der Waals surface area contributed by atoms with Crippen molar-refractivity contribution in [1.29, 1.82) is 0 Å². The van der Waals surface area contributed by atoms with Gasteiger partial charge < -0.3 is 10.6 Å². The van der Waals surface area contributed by atoms with Gasteiger partial charge in [0.2, 0.25) is 0 Å². The first kappa shape index (κ1) is 38.6. The van der Waals surface area contributed by atoms with Crippen molar-refractivity contribution in [3.8, 4) is 0 Å². The molecule has 0 saturated heterocycles. The second-order valence-electron chi connectivity index (χ2n) is 12.0. The van der Waals surface area contributed by atoms with Gasteiger partial charge in [-0.2, -0.15) is 0 Å². The van der Waals surface area contributed by atoms with Crippen LogP contribution in [0.4, 0.5) is 40.3 Å². The summed E-state index contributed by atoms with van der Waals surface area (Å²) in [6.07, 6.45) is 5.07. The van der Waals surface area contributed by atoms with Gasteiger partial charge in [-0.1, -0.05) is 36.2 Å². The number of aryl methyl sites for hydroxylation is 1. The molecule has 0 aromatic heterocycles. The Morgan fingerprint density at radius 1 is 0.706 bits per heavy atom. The molecule has 0 spiro atoms. The molecule has 2 fully saturated rings. The molecule has 0 radical (unpaired) electrons. The largest absolute Gasteiger partial charge is 0.351 e. The number of nitrogens with one attached hydrogen (secondary N) is 4. The molecule has 4 aromatic rings. The quantitative estimate of drug-likeness (QED) is 0.0607. The monoisotopic (exact) mass is 858 g/mol. The summed E-state index contributed by atoms with van der Waals surface area (Å²) in [5.74, 6) is -4.87. The summed E-state index contributed by atoms with van der Waals surface area (Å²) in [6, 6.07) is 14.5. The first-order valence-corrected chi connectivity index (χ1v) is 17.9. The molecule has 2 aliphatic rings. The minimum atomic E-state index is -1.16. The van der Waals surface area contributed by atoms with Crippen molar-refractivity contribution in [2.75, 3.05) is 23.8 Å². The van der Waals surface area contributed by atoms with Crippen LogP contribution in [0.5, 0.6) is 0 Å². The molecule has 270 valence electrons. The van der Waals surface area contributed by atoms with Crippen molar-refractivity contribution in [2.24, 2.45) is 11.8 Å². The van der Waals surface area contributed by atoms with E-state index in [1.807, 2.05) is 13.0 Å². The maximum Gasteiger partial charge on any atom is 0.277 e. The first-order chi connectivity index (χ1) is 24.4. The first-order valence-electron chi connectivity index (χ1n) is 16.0. The minimum Gasteiger partial charge on any atom is -0.351 e. The highest BCUT2D eigenvalue weighted by molar-refractivity contribution is 14.1. The van der Waals surface area contributed by atoms with Crippen LogP contribution in [0.25, 0.3) is 0 Å². The smallest absolute Gasteiger partial charge is 0.277 e. The van der Waals surface area contributed by atoms with Crippen molar-refractivity contribution in [2.45, 2.75) is 39.0 Å². The number of carbonyl (C=O) groups is 2. The molecule has 4 aromatic carbocycles. The number of anilines is 4. The third-order valence-corrected chi connectivity index (χ3v) is 9.23. The van der Waals surface area contributed by atoms with Crippen LogP contribution in [0.3, 0.4) is 0 Å². The van der Waals surface area contributed by atoms with Crippen molar-refractivity contribution in [1.82, 2.24) is 11.0 Å². The highest BCUT2D eigenvalue weighted by Gasteiger charge is 2.25. The number of hydrogen-bond acceptors (Lipinski definition) is 6. The Hall–Kier alpha value is -3.63. The number of carbonyl (C=O) groups excluding carboxylic acids is 2. The van der Waals surface area contributed by atoms with E-state index in [4.69, 9.17) is 32.9 Å². The maximum absolute atomic E-state index is 14.3. The molecule has 2 aliphatic carbocycles. The van der Waals surface area contributed by atoms with Gasteiger partial charge in [-0.25, -0.2) is 28.5 Å². The predicted octanol–water partition coefficient (Wildman–Crippen LogP) is 10.0. The molecule has 0 atom stereocenters. The molecule has 0 aliphatic heterocycles. The fourth-order valence-corrected chi connectivity index (χ4v) is 5.75. The molecular weight excluding hydrogens is 826 g/mol. The molecule has 8 nitrogen and oxygen atoms in total. The standard InChI is InChI=1S/C19H19ClF2N2O2.C17H14ClF2IN2O2/c1-2-11-5-8-16(14(20)9-11)23-18-13(6-7-15(21)17(18)22)19(25)24-26-10-12-3-4-12;18-12-7-10(21)3-6-14(12)22-16-11(4-5-13(19)15(16)20)17(24)23-25-8-9-1-2-9/h5-9,12,23H,2-4,10H2,1H3,(H,24,25);3-7,9,22H,1-2,8H2,(H,23,24). The number of benzene rings is 4. The average Bonchev–Trinajstić information content (AvgIpc) is 4.05. The number of amides is 2. The summed E-state index contributed by atoms with van der Waals surface area (Å²) in [6.45, 7) is 2.79. The fourth-order valence-electron chi connectivity index (χ4n) is 4.59. The Balaban J connectivity index is 0.000000198. The van der Waals surface area contributed by atoms with Gasteiger partial charge in [0.25, 0.3) is 11.8 Å². The van der Waals surface area contributed by atoms with E-state index < -0.39 is 35.1 Å². The summed E-state index contributed by atoms with van der Waals surface area (Å²) in [4.78, 5) is 34.8. The van der Waals surface area contributed by atoms with E-state index in [9.17, 15) is 27.2 Å². The Kier molecular flexibility index (Phi) is 13.4. The molecule has 2 saturated carbocycles. The highest BCUT2D eigenvalue weighted by Crippen LogP contribution is 2.34. The van der Waals surface area contributed by atoms with Crippen molar-refractivity contribution < 1.29 is 36.8 Å². The SMILES string of the molecule is CCc1ccc(Nc2c(C(=O)NOCC3CC3)ccc(F)c2F)c(Cl)c1.O=C(NOCC1CC1)c1ccc(F)c(F)c1Nc1ccc(I)cc1Cl. The number of hydrogen-bond donors (Lipinski definition) is 4. The topological polar surface area (TPSA) is 101 Å². The van der Waals surface area contributed by atoms with E-state index in [0.29, 0.717) is 46.5 Å². The van der Waals surface area contributed by atoms with Crippen LogP contribution in [0.1, 0.15) is 58.9 Å². The number of rotatable bonds is 13. The Morgan fingerprint density at radius 3 is 1.57 bits per heavy atom. The van der Waals surface area contributed by atoms with Crippen molar-refractivity contribution in [3.63, 3.8) is 0 Å². The summed E-state index contributed by atoms with van der Waals surface area (Å²) in [7, 11) is 0. The van der Waals surface area contributed by atoms with E-state index >= 15 is 0 Å². The Bertz CT molecular complexity index is 1910. The van der Waals surface area contributed by atoms with Gasteiger partial charge in [0.1, 0.15) is 0 Å². The molecule has 2 amide bonds. The van der Waals surface area contributed by atoms with Gasteiger partial charge in [-0.3, -0.25) is 19.3 Å². The van der Waals surface area contributed by atoms with Gasteiger partial charge >= 0.3 is 0 Å². The summed E-state index contributed by atoms with van der Waals surface area (Å²) >= 11 is 14.4. The normalized spacial score (nSPS) is 13.6. The van der Waals surface area contributed by atoms with Gasteiger partial charge in [0.05, 0.1) is 57.1 Å². The molecule has 0 heterocycles. The molecule has 0 bridgehead atoms. The van der Waals surface area contributed by atoms with E-state index in [1.54, 1.807) is 30.3 Å². The third kappa shape index (κ3) is 10.7. The van der Waals surface area contributed by atoms with Gasteiger partial charge in [0.15, 0.2) is 23.3 Å². The molecule has 0 unspecified atom stereocenters. The highest BCUT2D eigenvalue weighted by atomic mass is 127. The fraction of sp³-hybridized carbons (Fsp3) is 0.278. The van der Waals surface area contributed by atoms with Crippen LogP contribution >= 0.6 is 45.8 Å². The molecule has 51 heavy (non-hydrogen) atoms. The molecule has 4 N–H and O–H groups in total. The Morgan fingerprint density at radius 2 is 1.16 bits per heavy atom. The van der Waals surface area contributed by atoms with E-state index in [1.165, 1.54) is 12.1 Å². The second kappa shape index (κ2) is 17.7. The predicted molar refractivity (Wildman–Crippen MR) is 197 cm³/mol. The zero-order valence-electron chi connectivity index (χ0n) is 27.2. The lowest BCUT2D eigenvalue weighted by Crippen LogP contribution is -2.26. The number of hydroxylamine groups is 2. The average molecular weight is 859 g/mol. The lowest BCUT2D eigenvalue weighted by molar-refractivity contribution is 0.0268. The second-order valence-corrected chi connectivity index (χ2v) is 14.0. The molecular formula is C36H33Cl2F4IN4O4. The van der Waals surface area contributed by atoms with Gasteiger partial charge in [-0.05, 0) is 127 Å². The van der Waals surface area contributed by atoms with Gasteiger partial charge in [0, 0.05) is 3.57 Å². The zero-order valence-corrected chi connectivity index (χ0v) is 30.8. The van der Waals surface area contributed by atoms with E-state index in [0.717, 1.165) is 53.4 Å². The van der Waals surface area contributed by atoms with Crippen LogP contribution in [0, 0.1) is 38.7 Å². The van der Waals surface area contributed by atoms with E-state index in [2.05, 4.69) is 44.2 Å². The van der Waals surface area contributed by atoms with Crippen LogP contribution in [-0.4, -0.2) is 25.0 Å². The van der Waals surface area contributed by atoms with Crippen molar-refractivity contribution >= 4 is 80.4 Å². The lowest BCUT2D eigenvalue weighted by Gasteiger charge is -2.15. The summed E-state index contributed by atoms with van der Waals surface area (Å²) in [5.41, 5.74) is 5.55. The van der Waals surface area contributed by atoms with Crippen LogP contribution in [0.2, 0.25) is 10.0 Å². The minimum absolute atomic E-state index is 0.0738. The summed E-state index contributed by atoms with van der Waals surface area (Å²) < 4.78 is 56.9. The van der Waals surface area contributed by atoms with E-state index in [-0.39, 0.29) is 22.5 Å². The van der Waals surface area contributed by atoms with Crippen molar-refractivity contribution in [3.05, 3.63) is 114 Å². The lowest BCUT2D eigenvalue weighted by atomic mass is 10.1. The molecule has 15 heteroatoms.